The number of amides is 2. The summed E-state index contributed by atoms with van der Waals surface area (Å²) in [5.41, 5.74) is 2.56. The Morgan fingerprint density at radius 1 is 0.966 bits per heavy atom. The van der Waals surface area contributed by atoms with Crippen molar-refractivity contribution in [2.45, 2.75) is 45.1 Å². The first kappa shape index (κ1) is 19.3. The maximum Gasteiger partial charge on any atom is 0.262 e. The average Bonchev–Trinajstić information content (AvgIpc) is 2.73. The van der Waals surface area contributed by atoms with Crippen LogP contribution in [0.4, 0.5) is 5.69 Å². The number of aryl methyl sites for hydroxylation is 1. The number of phenols is 2. The molecule has 29 heavy (non-hydrogen) atoms. The highest BCUT2D eigenvalue weighted by molar-refractivity contribution is 6.09. The molecule has 1 atom stereocenters. The van der Waals surface area contributed by atoms with E-state index in [2.05, 4.69) is 0 Å². The van der Waals surface area contributed by atoms with E-state index >= 15 is 0 Å². The standard InChI is InChI=1S/C23H26N2O4/c1-15-5-6-16-13-17(22(28)24-11-3-2-4-12-24)7-10-20(16)25(15)23(29)19-9-8-18(26)14-21(19)27/h7-10,13-15,26-27H,2-6,11-12H2,1H3. The molecule has 0 aromatic heterocycles. The van der Waals surface area contributed by atoms with Gasteiger partial charge in [0, 0.05) is 36.4 Å². The van der Waals surface area contributed by atoms with Gasteiger partial charge in [0.05, 0.1) is 5.56 Å². The Morgan fingerprint density at radius 2 is 1.72 bits per heavy atom. The summed E-state index contributed by atoms with van der Waals surface area (Å²) < 4.78 is 0. The maximum absolute atomic E-state index is 13.2. The summed E-state index contributed by atoms with van der Waals surface area (Å²) >= 11 is 0. The summed E-state index contributed by atoms with van der Waals surface area (Å²) in [6, 6.07) is 9.51. The molecule has 4 rings (SSSR count). The van der Waals surface area contributed by atoms with Crippen molar-refractivity contribution < 1.29 is 19.8 Å². The third-order valence-electron chi connectivity index (χ3n) is 5.93. The van der Waals surface area contributed by atoms with Crippen LogP contribution in [0.25, 0.3) is 0 Å². The molecule has 2 aliphatic heterocycles. The number of fused-ring (bicyclic) bond motifs is 1. The number of carbonyl (C=O) groups excluding carboxylic acids is 2. The van der Waals surface area contributed by atoms with Gasteiger partial charge in [-0.15, -0.1) is 0 Å². The minimum Gasteiger partial charge on any atom is -0.508 e. The van der Waals surface area contributed by atoms with E-state index in [0.717, 1.165) is 50.0 Å². The Kier molecular flexibility index (Phi) is 5.18. The Labute approximate surface area is 170 Å². The van der Waals surface area contributed by atoms with E-state index in [4.69, 9.17) is 0 Å². The smallest absolute Gasteiger partial charge is 0.262 e. The maximum atomic E-state index is 13.2. The van der Waals surface area contributed by atoms with Crippen LogP contribution in [0.2, 0.25) is 0 Å². The molecule has 6 nitrogen and oxygen atoms in total. The topological polar surface area (TPSA) is 81.1 Å². The molecular formula is C23H26N2O4. The van der Waals surface area contributed by atoms with E-state index in [1.54, 1.807) is 11.0 Å². The molecule has 2 aromatic carbocycles. The second-order valence-electron chi connectivity index (χ2n) is 7.96. The summed E-state index contributed by atoms with van der Waals surface area (Å²) in [5, 5.41) is 19.6. The van der Waals surface area contributed by atoms with E-state index in [1.165, 1.54) is 24.6 Å². The lowest BCUT2D eigenvalue weighted by molar-refractivity contribution is 0.0724. The molecule has 0 spiro atoms. The van der Waals surface area contributed by atoms with E-state index in [1.807, 2.05) is 24.0 Å². The predicted molar refractivity (Wildman–Crippen MR) is 111 cm³/mol. The Bertz CT molecular complexity index is 950. The number of hydrogen-bond acceptors (Lipinski definition) is 4. The number of likely N-dealkylation sites (tertiary alicyclic amines) is 1. The highest BCUT2D eigenvalue weighted by Gasteiger charge is 2.31. The molecule has 2 aliphatic rings. The van der Waals surface area contributed by atoms with Crippen LogP contribution >= 0.6 is 0 Å². The molecule has 1 unspecified atom stereocenters. The summed E-state index contributed by atoms with van der Waals surface area (Å²) in [7, 11) is 0. The molecule has 152 valence electrons. The van der Waals surface area contributed by atoms with E-state index in [9.17, 15) is 19.8 Å². The fraction of sp³-hybridized carbons (Fsp3) is 0.391. The van der Waals surface area contributed by atoms with E-state index in [-0.39, 0.29) is 34.9 Å². The Morgan fingerprint density at radius 3 is 2.45 bits per heavy atom. The van der Waals surface area contributed by atoms with Crippen LogP contribution in [0.3, 0.4) is 0 Å². The molecule has 2 N–H and O–H groups in total. The number of rotatable bonds is 2. The van der Waals surface area contributed by atoms with Gasteiger partial charge in [-0.1, -0.05) is 0 Å². The van der Waals surface area contributed by atoms with Crippen LogP contribution in [0.1, 0.15) is 58.9 Å². The molecule has 1 saturated heterocycles. The van der Waals surface area contributed by atoms with Crippen molar-refractivity contribution in [3.8, 4) is 11.5 Å². The molecule has 2 amide bonds. The molecule has 0 radical (unpaired) electrons. The molecule has 6 heteroatoms. The highest BCUT2D eigenvalue weighted by atomic mass is 16.3. The SMILES string of the molecule is CC1CCc2cc(C(=O)N3CCCCC3)ccc2N1C(=O)c1ccc(O)cc1O. The minimum atomic E-state index is -0.314. The molecule has 2 heterocycles. The number of anilines is 1. The van der Waals surface area contributed by atoms with Crippen LogP contribution in [0.5, 0.6) is 11.5 Å². The van der Waals surface area contributed by atoms with Crippen LogP contribution in [-0.2, 0) is 6.42 Å². The first-order valence-corrected chi connectivity index (χ1v) is 10.2. The zero-order valence-corrected chi connectivity index (χ0v) is 16.6. The monoisotopic (exact) mass is 394 g/mol. The van der Waals surface area contributed by atoms with Gasteiger partial charge < -0.3 is 20.0 Å². The fourth-order valence-electron chi connectivity index (χ4n) is 4.30. The third kappa shape index (κ3) is 3.67. The molecular weight excluding hydrogens is 368 g/mol. The van der Waals surface area contributed by atoms with Gasteiger partial charge in [-0.05, 0) is 74.9 Å². The lowest BCUT2D eigenvalue weighted by Crippen LogP contribution is -2.42. The van der Waals surface area contributed by atoms with Crippen LogP contribution in [0.15, 0.2) is 36.4 Å². The lowest BCUT2D eigenvalue weighted by Gasteiger charge is -2.36. The average molecular weight is 394 g/mol. The van der Waals surface area contributed by atoms with Gasteiger partial charge in [-0.3, -0.25) is 9.59 Å². The largest absolute Gasteiger partial charge is 0.508 e. The minimum absolute atomic E-state index is 0.0353. The second-order valence-corrected chi connectivity index (χ2v) is 7.96. The molecule has 0 aliphatic carbocycles. The highest BCUT2D eigenvalue weighted by Crippen LogP contribution is 2.35. The van der Waals surface area contributed by atoms with Gasteiger partial charge in [-0.25, -0.2) is 0 Å². The lowest BCUT2D eigenvalue weighted by atomic mass is 9.93. The van der Waals surface area contributed by atoms with Crippen molar-refractivity contribution >= 4 is 17.5 Å². The number of aromatic hydroxyl groups is 2. The number of piperidine rings is 1. The van der Waals surface area contributed by atoms with Gasteiger partial charge >= 0.3 is 0 Å². The zero-order valence-electron chi connectivity index (χ0n) is 16.6. The van der Waals surface area contributed by atoms with Gasteiger partial charge in [-0.2, -0.15) is 0 Å². The summed E-state index contributed by atoms with van der Waals surface area (Å²) in [4.78, 5) is 29.6. The summed E-state index contributed by atoms with van der Waals surface area (Å²) in [6.45, 7) is 3.58. The first-order valence-electron chi connectivity index (χ1n) is 10.2. The Balaban J connectivity index is 1.65. The van der Waals surface area contributed by atoms with Gasteiger partial charge in [0.15, 0.2) is 0 Å². The summed E-state index contributed by atoms with van der Waals surface area (Å²) in [6.07, 6.45) is 4.84. The van der Waals surface area contributed by atoms with Gasteiger partial charge in [0.1, 0.15) is 11.5 Å². The van der Waals surface area contributed by atoms with Crippen molar-refractivity contribution in [2.75, 3.05) is 18.0 Å². The van der Waals surface area contributed by atoms with Gasteiger partial charge in [0.25, 0.3) is 11.8 Å². The quantitative estimate of drug-likeness (QED) is 0.814. The van der Waals surface area contributed by atoms with Crippen LogP contribution < -0.4 is 4.90 Å². The van der Waals surface area contributed by atoms with E-state index < -0.39 is 0 Å². The number of carbonyl (C=O) groups is 2. The van der Waals surface area contributed by atoms with Crippen molar-refractivity contribution in [2.24, 2.45) is 0 Å². The van der Waals surface area contributed by atoms with Crippen molar-refractivity contribution in [3.63, 3.8) is 0 Å². The number of phenolic OH excluding ortho intramolecular Hbond substituents is 2. The van der Waals surface area contributed by atoms with Crippen molar-refractivity contribution in [1.82, 2.24) is 4.90 Å². The van der Waals surface area contributed by atoms with Crippen LogP contribution in [-0.4, -0.2) is 46.1 Å². The number of benzene rings is 2. The molecule has 2 aromatic rings. The molecule has 0 saturated carbocycles. The third-order valence-corrected chi connectivity index (χ3v) is 5.93. The summed E-state index contributed by atoms with van der Waals surface area (Å²) in [5.74, 6) is -0.593. The normalized spacial score (nSPS) is 19.0. The van der Waals surface area contributed by atoms with Crippen molar-refractivity contribution in [3.05, 3.63) is 53.1 Å². The fourth-order valence-corrected chi connectivity index (χ4v) is 4.30. The number of nitrogens with zero attached hydrogens (tertiary/aromatic N) is 2. The van der Waals surface area contributed by atoms with Gasteiger partial charge in [0.2, 0.25) is 0 Å². The molecule has 1 fully saturated rings. The predicted octanol–water partition coefficient (Wildman–Crippen LogP) is 3.71. The Hall–Kier alpha value is -3.02. The van der Waals surface area contributed by atoms with Crippen molar-refractivity contribution in [1.29, 1.82) is 0 Å². The van der Waals surface area contributed by atoms with E-state index in [0.29, 0.717) is 5.56 Å². The molecule has 0 bridgehead atoms. The second kappa shape index (κ2) is 7.78. The zero-order chi connectivity index (χ0) is 20.5. The first-order chi connectivity index (χ1) is 14.0. The number of hydrogen-bond donors (Lipinski definition) is 2. The van der Waals surface area contributed by atoms with Crippen LogP contribution in [0, 0.1) is 0 Å².